The van der Waals surface area contributed by atoms with Crippen LogP contribution in [0.4, 0.5) is 0 Å². The van der Waals surface area contributed by atoms with E-state index in [2.05, 4.69) is 15.9 Å². The van der Waals surface area contributed by atoms with E-state index in [4.69, 9.17) is 5.73 Å². The van der Waals surface area contributed by atoms with Gasteiger partial charge in [0.05, 0.1) is 0 Å². The fourth-order valence-electron chi connectivity index (χ4n) is 0.766. The fraction of sp³-hybridized carbons (Fsp3) is 0.250. The first kappa shape index (κ1) is 11.0. The zero-order chi connectivity index (χ0) is 7.56. The lowest BCUT2D eigenvalue weighted by atomic mass is 10.1. The van der Waals surface area contributed by atoms with Crippen LogP contribution >= 0.6 is 29.4 Å². The minimum Gasteiger partial charge on any atom is -0.324 e. The van der Waals surface area contributed by atoms with Crippen molar-refractivity contribution >= 4 is 29.4 Å². The van der Waals surface area contributed by atoms with Gasteiger partial charge in [-0.25, -0.2) is 0 Å². The molecular formula is C8H12BrNS. The van der Waals surface area contributed by atoms with Crippen LogP contribution in [0, 0.1) is 0 Å². The summed E-state index contributed by atoms with van der Waals surface area (Å²) in [5, 5.41) is 0. The molecule has 2 N–H and O–H groups in total. The van der Waals surface area contributed by atoms with E-state index in [0.29, 0.717) is 0 Å². The van der Waals surface area contributed by atoms with Gasteiger partial charge < -0.3 is 5.73 Å². The molecule has 0 bridgehead atoms. The van der Waals surface area contributed by atoms with Gasteiger partial charge >= 0.3 is 0 Å². The second-order valence-electron chi connectivity index (χ2n) is 2.34. The molecule has 62 valence electrons. The van der Waals surface area contributed by atoms with Gasteiger partial charge in [0, 0.05) is 10.5 Å². The Balaban J connectivity index is 0.000001000. The first-order chi connectivity index (χ1) is 4.70. The second kappa shape index (κ2) is 4.80. The fourth-order valence-corrected chi connectivity index (χ4v) is 1.03. The van der Waals surface area contributed by atoms with E-state index in [-0.39, 0.29) is 19.5 Å². The summed E-state index contributed by atoms with van der Waals surface area (Å²) in [6, 6.07) is 8.18. The molecule has 0 heterocycles. The summed E-state index contributed by atoms with van der Waals surface area (Å²) in [5.74, 6) is 0. The summed E-state index contributed by atoms with van der Waals surface area (Å²) >= 11 is 3.35. The summed E-state index contributed by atoms with van der Waals surface area (Å²) < 4.78 is 1.09. The number of halogens is 1. The van der Waals surface area contributed by atoms with Crippen LogP contribution in [0.15, 0.2) is 28.7 Å². The highest BCUT2D eigenvalue weighted by atomic mass is 79.9. The Hall–Kier alpha value is 0.01000. The van der Waals surface area contributed by atoms with Gasteiger partial charge in [-0.2, -0.15) is 13.5 Å². The Morgan fingerprint density at radius 2 is 1.73 bits per heavy atom. The van der Waals surface area contributed by atoms with Crippen LogP contribution in [0.2, 0.25) is 0 Å². The predicted octanol–water partition coefficient (Wildman–Crippen LogP) is 2.58. The van der Waals surface area contributed by atoms with E-state index in [1.165, 1.54) is 5.56 Å². The highest BCUT2D eigenvalue weighted by molar-refractivity contribution is 9.10. The van der Waals surface area contributed by atoms with Crippen LogP contribution in [0.5, 0.6) is 0 Å². The second-order valence-corrected chi connectivity index (χ2v) is 3.26. The molecule has 0 unspecified atom stereocenters. The molecule has 1 aromatic carbocycles. The van der Waals surface area contributed by atoms with E-state index in [0.717, 1.165) is 4.47 Å². The topological polar surface area (TPSA) is 26.0 Å². The van der Waals surface area contributed by atoms with Crippen molar-refractivity contribution in [2.75, 3.05) is 0 Å². The van der Waals surface area contributed by atoms with Crippen LogP contribution < -0.4 is 5.73 Å². The quantitative estimate of drug-likeness (QED) is 0.794. The van der Waals surface area contributed by atoms with Crippen molar-refractivity contribution in [3.8, 4) is 0 Å². The summed E-state index contributed by atoms with van der Waals surface area (Å²) in [7, 11) is 0. The molecule has 11 heavy (non-hydrogen) atoms. The van der Waals surface area contributed by atoms with Crippen LogP contribution in [0.1, 0.15) is 18.5 Å². The van der Waals surface area contributed by atoms with Crippen LogP contribution in [-0.4, -0.2) is 0 Å². The first-order valence-corrected chi connectivity index (χ1v) is 4.00. The maximum Gasteiger partial charge on any atom is 0.0266 e. The summed E-state index contributed by atoms with van der Waals surface area (Å²) in [6.07, 6.45) is 0. The summed E-state index contributed by atoms with van der Waals surface area (Å²) in [5.41, 5.74) is 6.82. The molecule has 0 aliphatic carbocycles. The first-order valence-electron chi connectivity index (χ1n) is 3.21. The van der Waals surface area contributed by atoms with E-state index >= 15 is 0 Å². The van der Waals surface area contributed by atoms with Gasteiger partial charge in [-0.3, -0.25) is 0 Å². The largest absolute Gasteiger partial charge is 0.324 e. The standard InChI is InChI=1S/C8H10BrN.H2S/c1-6(10)7-2-4-8(9)5-3-7;/h2-6H,10H2,1H3;1H2/t6-;/m0./s1. The third-order valence-corrected chi connectivity index (χ3v) is 1.92. The van der Waals surface area contributed by atoms with Crippen molar-refractivity contribution in [3.05, 3.63) is 34.3 Å². The molecule has 0 saturated carbocycles. The molecule has 0 radical (unpaired) electrons. The molecule has 0 aliphatic rings. The van der Waals surface area contributed by atoms with Crippen molar-refractivity contribution in [1.82, 2.24) is 0 Å². The Morgan fingerprint density at radius 3 is 2.09 bits per heavy atom. The van der Waals surface area contributed by atoms with Gasteiger partial charge in [0.15, 0.2) is 0 Å². The number of hydrogen-bond acceptors (Lipinski definition) is 1. The molecule has 0 amide bonds. The zero-order valence-electron chi connectivity index (χ0n) is 6.34. The van der Waals surface area contributed by atoms with E-state index in [9.17, 15) is 0 Å². The Morgan fingerprint density at radius 1 is 1.27 bits per heavy atom. The minimum absolute atomic E-state index is 0. The van der Waals surface area contributed by atoms with Gasteiger partial charge in [0.25, 0.3) is 0 Å². The molecule has 1 nitrogen and oxygen atoms in total. The van der Waals surface area contributed by atoms with Gasteiger partial charge in [-0.05, 0) is 24.6 Å². The van der Waals surface area contributed by atoms with Crippen molar-refractivity contribution in [2.24, 2.45) is 5.73 Å². The Kier molecular flexibility index (Phi) is 4.81. The van der Waals surface area contributed by atoms with Gasteiger partial charge in [0.2, 0.25) is 0 Å². The molecule has 1 aromatic rings. The third-order valence-electron chi connectivity index (χ3n) is 1.40. The average molecular weight is 234 g/mol. The van der Waals surface area contributed by atoms with E-state index < -0.39 is 0 Å². The number of benzene rings is 1. The van der Waals surface area contributed by atoms with Crippen molar-refractivity contribution in [1.29, 1.82) is 0 Å². The van der Waals surface area contributed by atoms with E-state index in [1.54, 1.807) is 0 Å². The number of hydrogen-bond donors (Lipinski definition) is 1. The lowest BCUT2D eigenvalue weighted by molar-refractivity contribution is 0.818. The average Bonchev–Trinajstić information content (AvgIpc) is 1.88. The maximum atomic E-state index is 5.65. The summed E-state index contributed by atoms with van der Waals surface area (Å²) in [6.45, 7) is 1.98. The minimum atomic E-state index is 0. The molecule has 1 atom stereocenters. The highest BCUT2D eigenvalue weighted by Gasteiger charge is 1.96. The molecule has 3 heteroatoms. The van der Waals surface area contributed by atoms with Crippen LogP contribution in [-0.2, 0) is 0 Å². The number of rotatable bonds is 1. The maximum absolute atomic E-state index is 5.65. The summed E-state index contributed by atoms with van der Waals surface area (Å²) in [4.78, 5) is 0. The molecule has 0 spiro atoms. The Bertz CT molecular complexity index is 208. The normalized spacial score (nSPS) is 11.9. The lowest BCUT2D eigenvalue weighted by Gasteiger charge is -2.03. The Labute approximate surface area is 82.6 Å². The highest BCUT2D eigenvalue weighted by Crippen LogP contribution is 2.14. The van der Waals surface area contributed by atoms with Crippen molar-refractivity contribution < 1.29 is 0 Å². The molecule has 0 aromatic heterocycles. The molecule has 0 aliphatic heterocycles. The predicted molar refractivity (Wildman–Crippen MR) is 57.1 cm³/mol. The van der Waals surface area contributed by atoms with Gasteiger partial charge in [0.1, 0.15) is 0 Å². The van der Waals surface area contributed by atoms with Gasteiger partial charge in [-0.15, -0.1) is 0 Å². The third kappa shape index (κ3) is 3.27. The lowest BCUT2D eigenvalue weighted by Crippen LogP contribution is -2.03. The molecule has 1 rings (SSSR count). The smallest absolute Gasteiger partial charge is 0.0266 e. The monoisotopic (exact) mass is 233 g/mol. The van der Waals surface area contributed by atoms with Gasteiger partial charge in [-0.1, -0.05) is 28.1 Å². The van der Waals surface area contributed by atoms with Crippen LogP contribution in [0.25, 0.3) is 0 Å². The van der Waals surface area contributed by atoms with Crippen molar-refractivity contribution in [3.63, 3.8) is 0 Å². The van der Waals surface area contributed by atoms with Crippen molar-refractivity contribution in [2.45, 2.75) is 13.0 Å². The SMILES string of the molecule is C[C@H](N)c1ccc(Br)cc1.S. The number of nitrogens with two attached hydrogens (primary N) is 1. The van der Waals surface area contributed by atoms with E-state index in [1.807, 2.05) is 31.2 Å². The zero-order valence-corrected chi connectivity index (χ0v) is 8.93. The molecule has 0 saturated heterocycles. The molecular weight excluding hydrogens is 222 g/mol. The van der Waals surface area contributed by atoms with Crippen LogP contribution in [0.3, 0.4) is 0 Å². The molecule has 0 fully saturated rings.